The molecule has 2 aromatic carbocycles. The van der Waals surface area contributed by atoms with Gasteiger partial charge in [0.05, 0.1) is 27.9 Å². The Labute approximate surface area is 181 Å². The maximum atomic E-state index is 13.0. The lowest BCUT2D eigenvalue weighted by Crippen LogP contribution is -2.51. The van der Waals surface area contributed by atoms with E-state index in [1.165, 1.54) is 0 Å². The number of ether oxygens (including phenoxy) is 6. The molecule has 8 heteroatoms. The van der Waals surface area contributed by atoms with E-state index in [0.29, 0.717) is 35.4 Å². The highest BCUT2D eigenvalue weighted by Gasteiger charge is 2.67. The summed E-state index contributed by atoms with van der Waals surface area (Å²) in [6, 6.07) is 5.97. The third-order valence-electron chi connectivity index (χ3n) is 6.82. The largest absolute Gasteiger partial charge is 0.493 e. The first-order valence-electron chi connectivity index (χ1n) is 9.66. The summed E-state index contributed by atoms with van der Waals surface area (Å²) in [5.74, 6) is 2.35. The van der Waals surface area contributed by atoms with Crippen molar-refractivity contribution >= 4 is 21.9 Å². The van der Waals surface area contributed by atoms with Gasteiger partial charge in [0.25, 0.3) is 0 Å². The Morgan fingerprint density at radius 1 is 0.933 bits per heavy atom. The lowest BCUT2D eigenvalue weighted by atomic mass is 9.54. The highest BCUT2D eigenvalue weighted by molar-refractivity contribution is 9.10. The summed E-state index contributed by atoms with van der Waals surface area (Å²) in [4.78, 5) is 13.0. The number of cyclic esters (lactones) is 1. The Bertz CT molecular complexity index is 1110. The zero-order valence-electron chi connectivity index (χ0n) is 16.6. The zero-order valence-corrected chi connectivity index (χ0v) is 18.2. The minimum Gasteiger partial charge on any atom is -0.493 e. The van der Waals surface area contributed by atoms with Crippen LogP contribution < -0.4 is 23.7 Å². The van der Waals surface area contributed by atoms with Gasteiger partial charge in [-0.05, 0) is 34.9 Å². The van der Waals surface area contributed by atoms with Gasteiger partial charge < -0.3 is 28.4 Å². The van der Waals surface area contributed by atoms with Gasteiger partial charge in [-0.2, -0.15) is 0 Å². The van der Waals surface area contributed by atoms with Crippen molar-refractivity contribution in [3.8, 4) is 28.7 Å². The van der Waals surface area contributed by atoms with Crippen LogP contribution in [0.4, 0.5) is 0 Å². The summed E-state index contributed by atoms with van der Waals surface area (Å²) in [6.45, 7) is 0.520. The maximum Gasteiger partial charge on any atom is 0.324 e. The number of alkyl halides is 1. The molecule has 7 nitrogen and oxygen atoms in total. The number of carbonyl (C=O) groups excluding carboxylic acids is 1. The van der Waals surface area contributed by atoms with E-state index in [1.54, 1.807) is 21.3 Å². The number of benzene rings is 2. The Kier molecular flexibility index (Phi) is 3.62. The van der Waals surface area contributed by atoms with Gasteiger partial charge in [-0.15, -0.1) is 0 Å². The van der Waals surface area contributed by atoms with Gasteiger partial charge in [0.15, 0.2) is 23.0 Å². The van der Waals surface area contributed by atoms with Crippen molar-refractivity contribution in [3.05, 3.63) is 40.5 Å². The molecule has 0 N–H and O–H groups in total. The van der Waals surface area contributed by atoms with Crippen molar-refractivity contribution in [2.24, 2.45) is 5.92 Å². The summed E-state index contributed by atoms with van der Waals surface area (Å²) in [6.07, 6.45) is 0. The van der Waals surface area contributed by atoms with Crippen LogP contribution in [-0.4, -0.2) is 45.0 Å². The molecule has 2 heterocycles. The van der Waals surface area contributed by atoms with Crippen LogP contribution in [0.5, 0.6) is 28.7 Å². The molecule has 30 heavy (non-hydrogen) atoms. The summed E-state index contributed by atoms with van der Waals surface area (Å²) < 4.78 is 33.1. The molecule has 1 fully saturated rings. The summed E-state index contributed by atoms with van der Waals surface area (Å²) in [5, 5.41) is 0. The molecule has 1 saturated heterocycles. The first kappa shape index (κ1) is 18.2. The van der Waals surface area contributed by atoms with Crippen molar-refractivity contribution in [2.75, 3.05) is 34.7 Å². The fourth-order valence-corrected chi connectivity index (χ4v) is 6.67. The van der Waals surface area contributed by atoms with E-state index in [-0.39, 0.29) is 30.5 Å². The molecule has 2 aliphatic heterocycles. The van der Waals surface area contributed by atoms with E-state index in [0.717, 1.165) is 22.3 Å². The fraction of sp³-hybridized carbons (Fsp3) is 0.409. The van der Waals surface area contributed by atoms with Gasteiger partial charge in [0.1, 0.15) is 4.32 Å². The van der Waals surface area contributed by atoms with Crippen molar-refractivity contribution in [1.29, 1.82) is 0 Å². The van der Waals surface area contributed by atoms with Crippen molar-refractivity contribution in [1.82, 2.24) is 0 Å². The number of fused-ring (bicyclic) bond motifs is 1. The second-order valence-corrected chi connectivity index (χ2v) is 9.18. The second kappa shape index (κ2) is 5.97. The quantitative estimate of drug-likeness (QED) is 0.498. The Balaban J connectivity index is 1.72. The third kappa shape index (κ3) is 1.93. The van der Waals surface area contributed by atoms with Crippen LogP contribution in [0.3, 0.4) is 0 Å². The summed E-state index contributed by atoms with van der Waals surface area (Å²) in [7, 11) is 4.81. The topological polar surface area (TPSA) is 72.5 Å². The Morgan fingerprint density at radius 3 is 2.30 bits per heavy atom. The number of hydrogen-bond donors (Lipinski definition) is 0. The lowest BCUT2D eigenvalue weighted by molar-refractivity contribution is -0.140. The maximum absolute atomic E-state index is 13.0. The van der Waals surface area contributed by atoms with Gasteiger partial charge in [-0.3, -0.25) is 4.79 Å². The number of methoxy groups -OCH3 is 3. The minimum atomic E-state index is -0.865. The standard InChI is InChI=1S/C22H19BrO7/c1-25-15-6-11-17(20(27-3)19(15)26-2)16-9-4-13-14(30-8-29-13)5-10(9)18(11)22(23)12(16)7-28-21(22)24/h4-6,12,16,18H,7-8H2,1-3H3/t12-,16+,18+,22+/m1/s1. The van der Waals surface area contributed by atoms with Gasteiger partial charge >= 0.3 is 5.97 Å². The number of rotatable bonds is 3. The molecular weight excluding hydrogens is 456 g/mol. The monoisotopic (exact) mass is 474 g/mol. The number of hydrogen-bond acceptors (Lipinski definition) is 7. The average molecular weight is 475 g/mol. The van der Waals surface area contributed by atoms with Crippen LogP contribution >= 0.6 is 15.9 Å². The van der Waals surface area contributed by atoms with Gasteiger partial charge in [0, 0.05) is 23.3 Å². The molecular formula is C22H19BrO7. The highest BCUT2D eigenvalue weighted by Crippen LogP contribution is 2.69. The second-order valence-electron chi connectivity index (χ2n) is 7.87. The van der Waals surface area contributed by atoms with Crippen molar-refractivity contribution in [2.45, 2.75) is 16.2 Å². The molecule has 0 spiro atoms. The molecule has 0 saturated carbocycles. The van der Waals surface area contributed by atoms with Crippen LogP contribution in [0.2, 0.25) is 0 Å². The zero-order chi connectivity index (χ0) is 20.8. The van der Waals surface area contributed by atoms with Crippen LogP contribution in [0, 0.1) is 5.92 Å². The first-order valence-corrected chi connectivity index (χ1v) is 10.5. The van der Waals surface area contributed by atoms with Gasteiger partial charge in [-0.1, -0.05) is 15.9 Å². The predicted molar refractivity (Wildman–Crippen MR) is 108 cm³/mol. The SMILES string of the molecule is COc1cc2c(c(OC)c1OC)[C@H]1c3cc4c(cc3[C@@H]2[C@]2(Br)C(=O)OC[C@H]12)OCO4. The smallest absolute Gasteiger partial charge is 0.324 e. The predicted octanol–water partition coefficient (Wildman–Crippen LogP) is 3.34. The number of halogens is 1. The van der Waals surface area contributed by atoms with Crippen LogP contribution in [0.1, 0.15) is 34.1 Å². The normalized spacial score (nSPS) is 29.1. The molecule has 7 rings (SSSR count). The average Bonchev–Trinajstić information content (AvgIpc) is 3.34. The Hall–Kier alpha value is -2.61. The molecule has 0 radical (unpaired) electrons. The first-order chi connectivity index (χ1) is 14.5. The third-order valence-corrected chi connectivity index (χ3v) is 8.19. The highest BCUT2D eigenvalue weighted by atomic mass is 79.9. The van der Waals surface area contributed by atoms with Crippen LogP contribution in [0.15, 0.2) is 18.2 Å². The van der Waals surface area contributed by atoms with Crippen molar-refractivity contribution < 1.29 is 33.2 Å². The molecule has 3 aliphatic carbocycles. The molecule has 4 atom stereocenters. The van der Waals surface area contributed by atoms with Crippen molar-refractivity contribution in [3.63, 3.8) is 0 Å². The van der Waals surface area contributed by atoms with Gasteiger partial charge in [0.2, 0.25) is 12.5 Å². The van der Waals surface area contributed by atoms with E-state index in [9.17, 15) is 4.79 Å². The Morgan fingerprint density at radius 2 is 1.63 bits per heavy atom. The van der Waals surface area contributed by atoms with Crippen LogP contribution in [-0.2, 0) is 9.53 Å². The number of esters is 1. The van der Waals surface area contributed by atoms with E-state index in [1.807, 2.05) is 18.2 Å². The summed E-state index contributed by atoms with van der Waals surface area (Å²) in [5.41, 5.74) is 4.09. The molecule has 0 aromatic heterocycles. The lowest BCUT2D eigenvalue weighted by Gasteiger charge is -2.50. The van der Waals surface area contributed by atoms with E-state index in [2.05, 4.69) is 15.9 Å². The summed E-state index contributed by atoms with van der Waals surface area (Å²) >= 11 is 3.83. The molecule has 0 amide bonds. The van der Waals surface area contributed by atoms with E-state index in [4.69, 9.17) is 28.4 Å². The molecule has 5 aliphatic rings. The fourth-order valence-electron chi connectivity index (χ4n) is 5.66. The molecule has 2 aromatic rings. The molecule has 2 bridgehead atoms. The van der Waals surface area contributed by atoms with E-state index < -0.39 is 4.32 Å². The van der Waals surface area contributed by atoms with Crippen LogP contribution in [0.25, 0.3) is 0 Å². The molecule has 156 valence electrons. The number of carbonyl (C=O) groups is 1. The van der Waals surface area contributed by atoms with E-state index >= 15 is 0 Å². The minimum absolute atomic E-state index is 0.0950. The molecule has 0 unspecified atom stereocenters. The van der Waals surface area contributed by atoms with Gasteiger partial charge in [-0.25, -0.2) is 0 Å².